The molecule has 160 valence electrons. The quantitative estimate of drug-likeness (QED) is 0.743. The van der Waals surface area contributed by atoms with Crippen molar-refractivity contribution in [2.75, 3.05) is 16.8 Å². The molecule has 31 heavy (non-hydrogen) atoms. The van der Waals surface area contributed by atoms with Crippen LogP contribution < -0.4 is 15.5 Å². The number of hydrogen-bond acceptors (Lipinski definition) is 4. The Morgan fingerprint density at radius 3 is 2.45 bits per heavy atom. The number of imide groups is 1. The summed E-state index contributed by atoms with van der Waals surface area (Å²) in [5.41, 5.74) is 0.546. The van der Waals surface area contributed by atoms with Gasteiger partial charge in [-0.15, -0.1) is 0 Å². The standard InChI is InChI=1S/C23H24N4O4/c1-3-23(16-9-5-4-6-10-16)21(30)26(22(31)25-23)14-20(29)27-15(2)13-19(28)24-17-11-7-8-12-18(17)27/h4-12,15H,3,13-14H2,1-2H3,(H,24,28)(H,25,31)/t15-,23-/m1/s1. The fraction of sp³-hybridized carbons (Fsp3) is 0.304. The van der Waals surface area contributed by atoms with Gasteiger partial charge in [0.15, 0.2) is 0 Å². The number of rotatable bonds is 4. The number of hydrogen-bond donors (Lipinski definition) is 2. The van der Waals surface area contributed by atoms with E-state index < -0.39 is 36.0 Å². The van der Waals surface area contributed by atoms with Crippen LogP contribution in [0.25, 0.3) is 0 Å². The molecule has 0 radical (unpaired) electrons. The molecule has 1 saturated heterocycles. The van der Waals surface area contributed by atoms with E-state index in [2.05, 4.69) is 10.6 Å². The Kier molecular flexibility index (Phi) is 5.22. The molecule has 2 aromatic rings. The highest BCUT2D eigenvalue weighted by atomic mass is 16.2. The Hall–Kier alpha value is -3.68. The molecule has 8 nitrogen and oxygen atoms in total. The second-order valence-corrected chi connectivity index (χ2v) is 7.83. The van der Waals surface area contributed by atoms with Crippen molar-refractivity contribution in [2.24, 2.45) is 0 Å². The Balaban J connectivity index is 1.64. The molecule has 0 saturated carbocycles. The van der Waals surface area contributed by atoms with Crippen LogP contribution in [0.1, 0.15) is 32.3 Å². The van der Waals surface area contributed by atoms with E-state index in [0.717, 1.165) is 4.90 Å². The van der Waals surface area contributed by atoms with E-state index >= 15 is 0 Å². The van der Waals surface area contributed by atoms with Gasteiger partial charge in [-0.2, -0.15) is 0 Å². The number of urea groups is 1. The van der Waals surface area contributed by atoms with Crippen LogP contribution in [0, 0.1) is 0 Å². The summed E-state index contributed by atoms with van der Waals surface area (Å²) in [5.74, 6) is -1.08. The molecule has 0 aliphatic carbocycles. The van der Waals surface area contributed by atoms with E-state index in [1.165, 1.54) is 4.90 Å². The van der Waals surface area contributed by atoms with Gasteiger partial charge in [-0.25, -0.2) is 4.79 Å². The van der Waals surface area contributed by atoms with Crippen molar-refractivity contribution in [3.8, 4) is 0 Å². The number of anilines is 2. The lowest BCUT2D eigenvalue weighted by molar-refractivity contribution is -0.135. The lowest BCUT2D eigenvalue weighted by Gasteiger charge is -2.29. The zero-order chi connectivity index (χ0) is 22.2. The smallest absolute Gasteiger partial charge is 0.324 e. The third-order valence-electron chi connectivity index (χ3n) is 5.89. The Bertz CT molecular complexity index is 1050. The first kappa shape index (κ1) is 20.6. The molecule has 2 N–H and O–H groups in total. The van der Waals surface area contributed by atoms with E-state index in [0.29, 0.717) is 23.4 Å². The molecule has 8 heteroatoms. The lowest BCUT2D eigenvalue weighted by Crippen LogP contribution is -2.48. The first-order chi connectivity index (χ1) is 14.9. The van der Waals surface area contributed by atoms with Gasteiger partial charge in [-0.05, 0) is 31.0 Å². The van der Waals surface area contributed by atoms with Crippen LogP contribution >= 0.6 is 0 Å². The summed E-state index contributed by atoms with van der Waals surface area (Å²) in [4.78, 5) is 54.1. The summed E-state index contributed by atoms with van der Waals surface area (Å²) in [6.45, 7) is 3.18. The number of nitrogens with zero attached hydrogens (tertiary/aromatic N) is 2. The van der Waals surface area contributed by atoms with Gasteiger partial charge in [-0.3, -0.25) is 19.3 Å². The van der Waals surface area contributed by atoms with Crippen LogP contribution in [-0.4, -0.2) is 41.2 Å². The van der Waals surface area contributed by atoms with E-state index in [-0.39, 0.29) is 12.3 Å². The molecule has 2 atom stereocenters. The maximum Gasteiger partial charge on any atom is 0.325 e. The molecule has 1 fully saturated rings. The van der Waals surface area contributed by atoms with Crippen LogP contribution in [0.2, 0.25) is 0 Å². The van der Waals surface area contributed by atoms with Crippen molar-refractivity contribution in [2.45, 2.75) is 38.3 Å². The average molecular weight is 420 g/mol. The first-order valence-corrected chi connectivity index (χ1v) is 10.3. The van der Waals surface area contributed by atoms with Gasteiger partial charge in [-0.1, -0.05) is 49.4 Å². The molecule has 0 spiro atoms. The van der Waals surface area contributed by atoms with Gasteiger partial charge in [0.25, 0.3) is 5.91 Å². The number of fused-ring (bicyclic) bond motifs is 1. The lowest BCUT2D eigenvalue weighted by atomic mass is 9.87. The summed E-state index contributed by atoms with van der Waals surface area (Å²) >= 11 is 0. The van der Waals surface area contributed by atoms with Crippen molar-refractivity contribution in [1.82, 2.24) is 10.2 Å². The van der Waals surface area contributed by atoms with Gasteiger partial charge in [0, 0.05) is 12.5 Å². The molecule has 2 aromatic carbocycles. The minimum Gasteiger partial charge on any atom is -0.324 e. The second-order valence-electron chi connectivity index (χ2n) is 7.83. The summed E-state index contributed by atoms with van der Waals surface area (Å²) in [7, 11) is 0. The highest BCUT2D eigenvalue weighted by molar-refractivity contribution is 6.12. The normalized spacial score (nSPS) is 23.2. The molecule has 0 bridgehead atoms. The van der Waals surface area contributed by atoms with Crippen LogP contribution in [0.4, 0.5) is 16.2 Å². The number of para-hydroxylation sites is 2. The Morgan fingerprint density at radius 2 is 1.74 bits per heavy atom. The maximum atomic E-state index is 13.3. The minimum absolute atomic E-state index is 0.115. The molecular formula is C23H24N4O4. The van der Waals surface area contributed by atoms with E-state index in [4.69, 9.17) is 0 Å². The predicted octanol–water partition coefficient (Wildman–Crippen LogP) is 2.61. The number of amides is 5. The van der Waals surface area contributed by atoms with Crippen LogP contribution in [0.3, 0.4) is 0 Å². The summed E-state index contributed by atoms with van der Waals surface area (Å²) in [6, 6.07) is 15.0. The second kappa shape index (κ2) is 7.86. The molecule has 2 aliphatic rings. The van der Waals surface area contributed by atoms with Gasteiger partial charge in [0.2, 0.25) is 11.8 Å². The third kappa shape index (κ3) is 3.43. The monoisotopic (exact) mass is 420 g/mol. The number of benzene rings is 2. The van der Waals surface area contributed by atoms with Gasteiger partial charge in [0.1, 0.15) is 12.1 Å². The van der Waals surface area contributed by atoms with E-state index in [1.807, 2.05) is 13.0 Å². The first-order valence-electron chi connectivity index (χ1n) is 10.3. The van der Waals surface area contributed by atoms with Crippen LogP contribution in [-0.2, 0) is 19.9 Å². The maximum absolute atomic E-state index is 13.3. The molecule has 0 aromatic heterocycles. The zero-order valence-electron chi connectivity index (χ0n) is 17.4. The van der Waals surface area contributed by atoms with E-state index in [9.17, 15) is 19.2 Å². The number of nitrogens with one attached hydrogen (secondary N) is 2. The predicted molar refractivity (Wildman–Crippen MR) is 115 cm³/mol. The van der Waals surface area contributed by atoms with Crippen molar-refractivity contribution in [1.29, 1.82) is 0 Å². The molecular weight excluding hydrogens is 396 g/mol. The fourth-order valence-electron chi connectivity index (χ4n) is 4.31. The van der Waals surface area contributed by atoms with Crippen LogP contribution in [0.5, 0.6) is 0 Å². The molecule has 2 aliphatic heterocycles. The molecule has 0 unspecified atom stereocenters. The zero-order valence-corrected chi connectivity index (χ0v) is 17.4. The summed E-state index contributed by atoms with van der Waals surface area (Å²) in [5, 5.41) is 5.59. The van der Waals surface area contributed by atoms with Crippen molar-refractivity contribution in [3.05, 3.63) is 60.2 Å². The minimum atomic E-state index is -1.20. The van der Waals surface area contributed by atoms with Gasteiger partial charge in [0.05, 0.1) is 11.4 Å². The Morgan fingerprint density at radius 1 is 1.06 bits per heavy atom. The van der Waals surface area contributed by atoms with Crippen molar-refractivity contribution < 1.29 is 19.2 Å². The average Bonchev–Trinajstić information content (AvgIpc) is 2.92. The fourth-order valence-corrected chi connectivity index (χ4v) is 4.31. The summed E-state index contributed by atoms with van der Waals surface area (Å²) in [6.07, 6.45) is 0.469. The highest BCUT2D eigenvalue weighted by Gasteiger charge is 2.52. The Labute approximate surface area is 180 Å². The van der Waals surface area contributed by atoms with Crippen LogP contribution in [0.15, 0.2) is 54.6 Å². The molecule has 2 heterocycles. The van der Waals surface area contributed by atoms with Crippen molar-refractivity contribution in [3.63, 3.8) is 0 Å². The topological polar surface area (TPSA) is 98.8 Å². The van der Waals surface area contributed by atoms with Gasteiger partial charge >= 0.3 is 6.03 Å². The molecule has 5 amide bonds. The number of carbonyl (C=O) groups is 4. The summed E-state index contributed by atoms with van der Waals surface area (Å²) < 4.78 is 0. The highest BCUT2D eigenvalue weighted by Crippen LogP contribution is 2.34. The third-order valence-corrected chi connectivity index (χ3v) is 5.89. The van der Waals surface area contributed by atoms with Gasteiger partial charge < -0.3 is 15.5 Å². The van der Waals surface area contributed by atoms with Crippen molar-refractivity contribution >= 4 is 35.1 Å². The number of carbonyl (C=O) groups excluding carboxylic acids is 4. The van der Waals surface area contributed by atoms with E-state index in [1.54, 1.807) is 55.5 Å². The SMILES string of the molecule is CC[C@]1(c2ccccc2)NC(=O)N(CC(=O)N2c3ccccc3NC(=O)C[C@H]2C)C1=O. The largest absolute Gasteiger partial charge is 0.325 e. The molecule has 4 rings (SSSR count).